The summed E-state index contributed by atoms with van der Waals surface area (Å²) in [5.41, 5.74) is 2.02. The van der Waals surface area contributed by atoms with Crippen LogP contribution in [-0.4, -0.2) is 20.7 Å². The molecule has 1 unspecified atom stereocenters. The number of hydrogen-bond donors (Lipinski definition) is 1. The smallest absolute Gasteiger partial charge is 0.225 e. The lowest BCUT2D eigenvalue weighted by atomic mass is 9.93. The van der Waals surface area contributed by atoms with Crippen LogP contribution >= 0.6 is 11.3 Å². The largest absolute Gasteiger partial charge is 0.347 e. The molecule has 0 aliphatic rings. The molecule has 0 saturated heterocycles. The second-order valence-electron chi connectivity index (χ2n) is 6.31. The topological polar surface area (TPSA) is 59.8 Å². The van der Waals surface area contributed by atoms with E-state index < -0.39 is 0 Å². The highest BCUT2D eigenvalue weighted by Gasteiger charge is 2.20. The van der Waals surface area contributed by atoms with E-state index in [4.69, 9.17) is 0 Å². The fraction of sp³-hybridized carbons (Fsp3) is 0.533. The molecular weight excluding hydrogens is 284 g/mol. The van der Waals surface area contributed by atoms with Gasteiger partial charge >= 0.3 is 0 Å². The molecule has 0 bridgehead atoms. The van der Waals surface area contributed by atoms with Gasteiger partial charge in [-0.25, -0.2) is 4.98 Å². The highest BCUT2D eigenvalue weighted by Crippen LogP contribution is 2.26. The standard InChI is InChI=1S/C15H22N4OS/c1-10(14-18-12(9-21-14)15(2,3)4)17-13(20)6-11-7-16-19(5)8-11/h7-10H,6H2,1-5H3,(H,17,20). The first-order valence-electron chi connectivity index (χ1n) is 6.98. The van der Waals surface area contributed by atoms with Crippen LogP contribution in [-0.2, 0) is 23.7 Å². The van der Waals surface area contributed by atoms with E-state index in [0.717, 1.165) is 16.3 Å². The number of amides is 1. The van der Waals surface area contributed by atoms with Crippen molar-refractivity contribution >= 4 is 17.2 Å². The van der Waals surface area contributed by atoms with Gasteiger partial charge in [-0.05, 0) is 12.5 Å². The second-order valence-corrected chi connectivity index (χ2v) is 7.20. The zero-order valence-electron chi connectivity index (χ0n) is 13.2. The quantitative estimate of drug-likeness (QED) is 0.944. The summed E-state index contributed by atoms with van der Waals surface area (Å²) in [6.07, 6.45) is 3.91. The minimum atomic E-state index is -0.0738. The summed E-state index contributed by atoms with van der Waals surface area (Å²) in [5.74, 6) is -0.0111. The Labute approximate surface area is 129 Å². The Morgan fingerprint density at radius 3 is 2.71 bits per heavy atom. The maximum Gasteiger partial charge on any atom is 0.225 e. The average Bonchev–Trinajstić information content (AvgIpc) is 2.97. The fourth-order valence-corrected chi connectivity index (χ4v) is 2.99. The third-order valence-corrected chi connectivity index (χ3v) is 4.19. The van der Waals surface area contributed by atoms with Crippen molar-refractivity contribution in [2.45, 2.75) is 45.6 Å². The molecule has 2 heterocycles. The van der Waals surface area contributed by atoms with Crippen LogP contribution in [0.3, 0.4) is 0 Å². The summed E-state index contributed by atoms with van der Waals surface area (Å²) in [5, 5.41) is 10.1. The summed E-state index contributed by atoms with van der Waals surface area (Å²) in [6, 6.07) is -0.0738. The Hall–Kier alpha value is -1.69. The number of aryl methyl sites for hydroxylation is 1. The van der Waals surface area contributed by atoms with Crippen molar-refractivity contribution in [2.75, 3.05) is 0 Å². The van der Waals surface area contributed by atoms with E-state index in [1.807, 2.05) is 20.2 Å². The number of nitrogens with one attached hydrogen (secondary N) is 1. The highest BCUT2D eigenvalue weighted by molar-refractivity contribution is 7.09. The van der Waals surface area contributed by atoms with Crippen LogP contribution in [0.15, 0.2) is 17.8 Å². The van der Waals surface area contributed by atoms with Crippen molar-refractivity contribution in [2.24, 2.45) is 7.05 Å². The molecule has 0 aliphatic carbocycles. The first-order chi connectivity index (χ1) is 9.75. The van der Waals surface area contributed by atoms with Crippen LogP contribution in [0.4, 0.5) is 0 Å². The molecule has 5 nitrogen and oxygen atoms in total. The lowest BCUT2D eigenvalue weighted by Gasteiger charge is -2.15. The molecule has 1 atom stereocenters. The highest BCUT2D eigenvalue weighted by atomic mass is 32.1. The van der Waals surface area contributed by atoms with Crippen molar-refractivity contribution in [3.05, 3.63) is 34.0 Å². The lowest BCUT2D eigenvalue weighted by molar-refractivity contribution is -0.121. The zero-order valence-corrected chi connectivity index (χ0v) is 14.0. The van der Waals surface area contributed by atoms with Gasteiger partial charge in [-0.3, -0.25) is 9.48 Å². The minimum Gasteiger partial charge on any atom is -0.347 e. The van der Waals surface area contributed by atoms with E-state index in [0.29, 0.717) is 6.42 Å². The molecule has 2 aromatic heterocycles. The molecule has 1 amide bonds. The molecule has 0 spiro atoms. The van der Waals surface area contributed by atoms with Crippen molar-refractivity contribution in [1.82, 2.24) is 20.1 Å². The van der Waals surface area contributed by atoms with E-state index in [-0.39, 0.29) is 17.4 Å². The van der Waals surface area contributed by atoms with Crippen LogP contribution in [0.1, 0.15) is 50.0 Å². The Bertz CT molecular complexity index is 624. The van der Waals surface area contributed by atoms with Crippen LogP contribution in [0, 0.1) is 0 Å². The van der Waals surface area contributed by atoms with Crippen molar-refractivity contribution in [1.29, 1.82) is 0 Å². The Morgan fingerprint density at radius 1 is 1.48 bits per heavy atom. The van der Waals surface area contributed by atoms with Crippen molar-refractivity contribution in [3.8, 4) is 0 Å². The van der Waals surface area contributed by atoms with Gasteiger partial charge in [0.2, 0.25) is 5.91 Å². The average molecular weight is 306 g/mol. The number of nitrogens with zero attached hydrogens (tertiary/aromatic N) is 3. The van der Waals surface area contributed by atoms with E-state index in [1.54, 1.807) is 22.2 Å². The third-order valence-electron chi connectivity index (χ3n) is 3.16. The van der Waals surface area contributed by atoms with Crippen molar-refractivity contribution in [3.63, 3.8) is 0 Å². The first-order valence-corrected chi connectivity index (χ1v) is 7.86. The van der Waals surface area contributed by atoms with Gasteiger partial charge < -0.3 is 5.32 Å². The fourth-order valence-electron chi connectivity index (χ4n) is 1.93. The zero-order chi connectivity index (χ0) is 15.6. The lowest BCUT2D eigenvalue weighted by Crippen LogP contribution is -2.28. The summed E-state index contributed by atoms with van der Waals surface area (Å²) in [4.78, 5) is 16.7. The van der Waals surface area contributed by atoms with Gasteiger partial charge in [-0.2, -0.15) is 5.10 Å². The summed E-state index contributed by atoms with van der Waals surface area (Å²) >= 11 is 1.59. The minimum absolute atomic E-state index is 0.0111. The number of hydrogen-bond acceptors (Lipinski definition) is 4. The van der Waals surface area contributed by atoms with E-state index in [9.17, 15) is 4.79 Å². The summed E-state index contributed by atoms with van der Waals surface area (Å²) in [6.45, 7) is 8.37. The Morgan fingerprint density at radius 2 is 2.19 bits per heavy atom. The van der Waals surface area contributed by atoms with Gasteiger partial charge in [0, 0.05) is 24.0 Å². The van der Waals surface area contributed by atoms with Crippen LogP contribution in [0.2, 0.25) is 0 Å². The monoisotopic (exact) mass is 306 g/mol. The van der Waals surface area contributed by atoms with Crippen LogP contribution in [0.5, 0.6) is 0 Å². The molecule has 0 aliphatic heterocycles. The van der Waals surface area contributed by atoms with Gasteiger partial charge in [-0.1, -0.05) is 20.8 Å². The molecule has 114 valence electrons. The van der Waals surface area contributed by atoms with E-state index in [2.05, 4.69) is 41.6 Å². The van der Waals surface area contributed by atoms with Gasteiger partial charge in [0.05, 0.1) is 24.4 Å². The number of carbonyl (C=O) groups is 1. The van der Waals surface area contributed by atoms with Gasteiger partial charge in [0.1, 0.15) is 5.01 Å². The van der Waals surface area contributed by atoms with Gasteiger partial charge in [-0.15, -0.1) is 11.3 Å². The molecule has 2 rings (SSSR count). The SMILES string of the molecule is CC(NC(=O)Cc1cnn(C)c1)c1nc(C(C)(C)C)cs1. The predicted molar refractivity (Wildman–Crippen MR) is 84.3 cm³/mol. The van der Waals surface area contributed by atoms with E-state index >= 15 is 0 Å². The first kappa shape index (κ1) is 15.7. The maximum absolute atomic E-state index is 12.0. The number of thiazole rings is 1. The maximum atomic E-state index is 12.0. The molecule has 0 fully saturated rings. The Kier molecular flexibility index (Phi) is 4.46. The van der Waals surface area contributed by atoms with Gasteiger partial charge in [0.15, 0.2) is 0 Å². The predicted octanol–water partition coefficient (Wildman–Crippen LogP) is 2.59. The summed E-state index contributed by atoms with van der Waals surface area (Å²) < 4.78 is 1.70. The summed E-state index contributed by atoms with van der Waals surface area (Å²) in [7, 11) is 1.84. The van der Waals surface area contributed by atoms with Gasteiger partial charge in [0.25, 0.3) is 0 Å². The Balaban J connectivity index is 1.96. The van der Waals surface area contributed by atoms with Crippen molar-refractivity contribution < 1.29 is 4.79 Å². The molecule has 6 heteroatoms. The van der Waals surface area contributed by atoms with E-state index in [1.165, 1.54) is 0 Å². The molecule has 2 aromatic rings. The molecular formula is C15H22N4OS. The molecule has 0 aromatic carbocycles. The number of aromatic nitrogens is 3. The molecule has 1 N–H and O–H groups in total. The number of rotatable bonds is 4. The normalized spacial score (nSPS) is 13.2. The number of carbonyl (C=O) groups excluding carboxylic acids is 1. The second kappa shape index (κ2) is 5.97. The molecule has 21 heavy (non-hydrogen) atoms. The molecule has 0 radical (unpaired) electrons. The van der Waals surface area contributed by atoms with Crippen LogP contribution in [0.25, 0.3) is 0 Å². The molecule has 0 saturated carbocycles. The third kappa shape index (κ3) is 4.14. The van der Waals surface area contributed by atoms with Crippen LogP contribution < -0.4 is 5.32 Å².